The van der Waals surface area contributed by atoms with Crippen molar-refractivity contribution in [3.63, 3.8) is 0 Å². The van der Waals surface area contributed by atoms with Crippen LogP contribution in [0.4, 0.5) is 13.6 Å². The quantitative estimate of drug-likeness (QED) is 0.497. The molecular weight excluding hydrogens is 458 g/mol. The van der Waals surface area contributed by atoms with Gasteiger partial charge in [0.2, 0.25) is 5.91 Å². The largest absolute Gasteiger partial charge is 0.480 e. The van der Waals surface area contributed by atoms with Crippen molar-refractivity contribution in [3.05, 3.63) is 59.7 Å². The average molecular weight is 487 g/mol. The van der Waals surface area contributed by atoms with Crippen molar-refractivity contribution in [2.75, 3.05) is 13.2 Å². The van der Waals surface area contributed by atoms with Crippen molar-refractivity contribution < 1.29 is 33.0 Å². The molecule has 2 aromatic rings. The molecule has 7 nitrogen and oxygen atoms in total. The predicted molar refractivity (Wildman–Crippen MR) is 124 cm³/mol. The first-order valence-electron chi connectivity index (χ1n) is 11.6. The van der Waals surface area contributed by atoms with E-state index in [9.17, 15) is 28.3 Å². The van der Waals surface area contributed by atoms with Gasteiger partial charge in [0.15, 0.2) is 0 Å². The highest BCUT2D eigenvalue weighted by atomic mass is 19.3. The molecule has 9 heteroatoms. The van der Waals surface area contributed by atoms with Gasteiger partial charge in [-0.15, -0.1) is 0 Å². The van der Waals surface area contributed by atoms with Gasteiger partial charge >= 0.3 is 12.1 Å². The average Bonchev–Trinajstić information content (AvgIpc) is 3.22. The summed E-state index contributed by atoms with van der Waals surface area (Å²) in [5.41, 5.74) is 4.20. The number of carboxylic acid groups (broad SMARTS) is 1. The number of hydrogen-bond donors (Lipinski definition) is 3. The monoisotopic (exact) mass is 486 g/mol. The smallest absolute Gasteiger partial charge is 0.407 e. The second-order valence-corrected chi connectivity index (χ2v) is 9.49. The molecule has 2 aromatic carbocycles. The molecule has 3 atom stereocenters. The lowest BCUT2D eigenvalue weighted by Gasteiger charge is -2.16. The maximum atomic E-state index is 14.2. The summed E-state index contributed by atoms with van der Waals surface area (Å²) < 4.78 is 33.8. The Morgan fingerprint density at radius 2 is 1.60 bits per heavy atom. The Morgan fingerprint density at radius 3 is 2.14 bits per heavy atom. The molecule has 2 amide bonds. The van der Waals surface area contributed by atoms with Crippen molar-refractivity contribution in [1.29, 1.82) is 0 Å². The molecule has 0 radical (unpaired) electrons. The second kappa shape index (κ2) is 9.64. The van der Waals surface area contributed by atoms with Crippen LogP contribution in [0, 0.1) is 17.8 Å². The second-order valence-electron chi connectivity index (χ2n) is 9.49. The van der Waals surface area contributed by atoms with Crippen molar-refractivity contribution in [3.8, 4) is 11.1 Å². The number of alkyl halides is 2. The summed E-state index contributed by atoms with van der Waals surface area (Å²) in [7, 11) is 0. The first-order valence-corrected chi connectivity index (χ1v) is 11.6. The number of aliphatic carboxylic acids is 1. The van der Waals surface area contributed by atoms with E-state index < -0.39 is 48.3 Å². The number of benzene rings is 2. The van der Waals surface area contributed by atoms with Crippen LogP contribution in [-0.2, 0) is 14.3 Å². The summed E-state index contributed by atoms with van der Waals surface area (Å²) in [5, 5.41) is 13.8. The highest BCUT2D eigenvalue weighted by Gasteiger charge is 2.71. The molecule has 3 unspecified atom stereocenters. The molecule has 1 fully saturated rings. The summed E-state index contributed by atoms with van der Waals surface area (Å²) in [5.74, 6) is -8.94. The van der Waals surface area contributed by atoms with Crippen LogP contribution in [0.25, 0.3) is 11.1 Å². The molecule has 0 aromatic heterocycles. The summed E-state index contributed by atoms with van der Waals surface area (Å²) in [4.78, 5) is 35.9. The lowest BCUT2D eigenvalue weighted by Crippen LogP contribution is -2.43. The van der Waals surface area contributed by atoms with Gasteiger partial charge in [-0.1, -0.05) is 62.4 Å². The summed E-state index contributed by atoms with van der Waals surface area (Å²) >= 11 is 0. The predicted octanol–water partition coefficient (Wildman–Crippen LogP) is 4.02. The first kappa shape index (κ1) is 24.6. The third kappa shape index (κ3) is 4.99. The maximum Gasteiger partial charge on any atom is 0.407 e. The maximum absolute atomic E-state index is 14.2. The zero-order valence-corrected chi connectivity index (χ0v) is 19.5. The Labute approximate surface area is 201 Å². The molecule has 0 aliphatic heterocycles. The fourth-order valence-electron chi connectivity index (χ4n) is 4.80. The molecule has 4 rings (SSSR count). The van der Waals surface area contributed by atoms with E-state index in [1.807, 2.05) is 48.5 Å². The highest BCUT2D eigenvalue weighted by molar-refractivity contribution is 5.88. The fraction of sp³-hybridized carbons (Fsp3) is 0.423. The van der Waals surface area contributed by atoms with Crippen LogP contribution in [0.5, 0.6) is 0 Å². The SMILES string of the molecule is CC(C)CC(NC(=O)C1C(CNC(=O)OCC2c3ccccc3-c3ccccc32)C1(F)F)C(=O)O. The molecule has 1 saturated carbocycles. The molecule has 35 heavy (non-hydrogen) atoms. The topological polar surface area (TPSA) is 105 Å². The summed E-state index contributed by atoms with van der Waals surface area (Å²) in [6.45, 7) is 3.13. The minimum Gasteiger partial charge on any atom is -0.480 e. The number of fused-ring (bicyclic) bond motifs is 3. The summed E-state index contributed by atoms with van der Waals surface area (Å²) in [6, 6.07) is 14.4. The minimum absolute atomic E-state index is 0.0397. The standard InChI is InChI=1S/C26H28F2N2O5/c1-14(2)11-21(24(32)33)30-23(31)22-20(26(22,27)28)12-29-25(34)35-13-19-17-9-5-3-7-15(17)16-8-4-6-10-18(16)19/h3-10,14,19-22H,11-13H2,1-2H3,(H,29,34)(H,30,31)(H,32,33). The van der Waals surface area contributed by atoms with Gasteiger partial charge in [-0.05, 0) is 34.6 Å². The number of carboxylic acids is 1. The van der Waals surface area contributed by atoms with Crippen molar-refractivity contribution in [2.45, 2.75) is 38.2 Å². The van der Waals surface area contributed by atoms with Crippen molar-refractivity contribution >= 4 is 18.0 Å². The van der Waals surface area contributed by atoms with Gasteiger partial charge in [0.1, 0.15) is 18.6 Å². The molecule has 2 aliphatic carbocycles. The van der Waals surface area contributed by atoms with E-state index in [0.717, 1.165) is 22.3 Å². The van der Waals surface area contributed by atoms with E-state index in [2.05, 4.69) is 10.6 Å². The molecule has 0 bridgehead atoms. The van der Waals surface area contributed by atoms with Crippen LogP contribution in [0.1, 0.15) is 37.3 Å². The number of alkyl carbamates (subject to hydrolysis) is 1. The van der Waals surface area contributed by atoms with Gasteiger partial charge in [0.05, 0.1) is 5.92 Å². The fourth-order valence-corrected chi connectivity index (χ4v) is 4.80. The Bertz CT molecular complexity index is 1090. The molecule has 0 heterocycles. The van der Waals surface area contributed by atoms with Crippen LogP contribution in [-0.4, -0.2) is 48.2 Å². The molecule has 2 aliphatic rings. The van der Waals surface area contributed by atoms with Gasteiger partial charge in [-0.3, -0.25) is 4.79 Å². The summed E-state index contributed by atoms with van der Waals surface area (Å²) in [6.07, 6.45) is -0.723. The molecule has 0 spiro atoms. The van der Waals surface area contributed by atoms with Gasteiger partial charge in [-0.25, -0.2) is 18.4 Å². The zero-order valence-electron chi connectivity index (χ0n) is 19.5. The molecule has 0 saturated heterocycles. The van der Waals surface area contributed by atoms with Gasteiger partial charge in [-0.2, -0.15) is 0 Å². The number of carbonyl (C=O) groups excluding carboxylic acids is 2. The molecule has 3 N–H and O–H groups in total. The van der Waals surface area contributed by atoms with Crippen molar-refractivity contribution in [2.24, 2.45) is 17.8 Å². The van der Waals surface area contributed by atoms with Crippen LogP contribution in [0.2, 0.25) is 0 Å². The van der Waals surface area contributed by atoms with Crippen LogP contribution >= 0.6 is 0 Å². The lowest BCUT2D eigenvalue weighted by molar-refractivity contribution is -0.142. The Morgan fingerprint density at radius 1 is 1.03 bits per heavy atom. The van der Waals surface area contributed by atoms with Crippen LogP contribution in [0.15, 0.2) is 48.5 Å². The first-order chi connectivity index (χ1) is 16.6. The minimum atomic E-state index is -3.33. The van der Waals surface area contributed by atoms with Gasteiger partial charge < -0.3 is 20.5 Å². The Balaban J connectivity index is 1.31. The lowest BCUT2D eigenvalue weighted by atomic mass is 9.98. The Kier molecular flexibility index (Phi) is 6.78. The van der Waals surface area contributed by atoms with Crippen LogP contribution < -0.4 is 10.6 Å². The number of carbonyl (C=O) groups is 3. The number of ether oxygens (including phenoxy) is 1. The molecular formula is C26H28F2N2O5. The number of rotatable bonds is 9. The third-order valence-corrected chi connectivity index (χ3v) is 6.62. The Hall–Kier alpha value is -3.49. The third-order valence-electron chi connectivity index (χ3n) is 6.62. The zero-order chi connectivity index (χ0) is 25.3. The van der Waals surface area contributed by atoms with Gasteiger partial charge in [0, 0.05) is 12.5 Å². The van der Waals surface area contributed by atoms with E-state index in [1.165, 1.54) is 0 Å². The number of hydrogen-bond acceptors (Lipinski definition) is 4. The number of nitrogens with one attached hydrogen (secondary N) is 2. The van der Waals surface area contributed by atoms with E-state index in [0.29, 0.717) is 0 Å². The molecule has 186 valence electrons. The highest BCUT2D eigenvalue weighted by Crippen LogP contribution is 2.55. The normalized spacial score (nSPS) is 20.5. The van der Waals surface area contributed by atoms with Crippen molar-refractivity contribution in [1.82, 2.24) is 10.6 Å². The van der Waals surface area contributed by atoms with Gasteiger partial charge in [0.25, 0.3) is 5.92 Å². The van der Waals surface area contributed by atoms with E-state index in [4.69, 9.17) is 4.74 Å². The van der Waals surface area contributed by atoms with Crippen LogP contribution in [0.3, 0.4) is 0 Å². The van der Waals surface area contributed by atoms with E-state index >= 15 is 0 Å². The van der Waals surface area contributed by atoms with E-state index in [1.54, 1.807) is 13.8 Å². The number of halogens is 2. The van der Waals surface area contributed by atoms with E-state index in [-0.39, 0.29) is 24.9 Å². The number of amides is 2.